The summed E-state index contributed by atoms with van der Waals surface area (Å²) in [6, 6.07) is 11.1. The van der Waals surface area contributed by atoms with Crippen molar-refractivity contribution >= 4 is 28.7 Å². The van der Waals surface area contributed by atoms with Gasteiger partial charge in [0.25, 0.3) is 5.69 Å². The van der Waals surface area contributed by atoms with E-state index in [1.807, 2.05) is 30.3 Å². The van der Waals surface area contributed by atoms with Gasteiger partial charge >= 0.3 is 6.09 Å². The molecule has 11 heteroatoms. The minimum Gasteiger partial charge on any atom is -0.465 e. The molecule has 1 amide bonds. The maximum Gasteiger partial charge on any atom is 0.407 e. The molecule has 3 rings (SSSR count). The molecule has 1 saturated heterocycles. The zero-order valence-corrected chi connectivity index (χ0v) is 16.7. The number of hydrogen-bond acceptors (Lipinski definition) is 8. The molecular weight excluding hydrogens is 412 g/mol. The first-order chi connectivity index (χ1) is 14.4. The Morgan fingerprint density at radius 2 is 2.03 bits per heavy atom. The van der Waals surface area contributed by atoms with Crippen molar-refractivity contribution in [3.05, 3.63) is 64.3 Å². The summed E-state index contributed by atoms with van der Waals surface area (Å²) >= 11 is 0.779. The SMILES string of the molecule is O=C(Sc1ccc([N+](=O)[O-])cn1)[C@@H]1CC[C@@H](NOCc2ccccc2)CN1C(=O)O. The van der Waals surface area contributed by atoms with E-state index in [4.69, 9.17) is 4.84 Å². The summed E-state index contributed by atoms with van der Waals surface area (Å²) in [6.45, 7) is 0.448. The van der Waals surface area contributed by atoms with E-state index in [0.29, 0.717) is 19.4 Å². The maximum absolute atomic E-state index is 12.6. The number of nitro groups is 1. The van der Waals surface area contributed by atoms with Crippen LogP contribution in [-0.2, 0) is 16.2 Å². The van der Waals surface area contributed by atoms with Gasteiger partial charge in [-0.1, -0.05) is 30.3 Å². The number of piperidine rings is 1. The lowest BCUT2D eigenvalue weighted by molar-refractivity contribution is -0.385. The number of carbonyl (C=O) groups is 2. The second-order valence-corrected chi connectivity index (χ2v) is 7.67. The first-order valence-electron chi connectivity index (χ1n) is 9.17. The molecular formula is C19H20N4O6S. The smallest absolute Gasteiger partial charge is 0.407 e. The molecule has 0 bridgehead atoms. The minimum absolute atomic E-state index is 0.106. The fourth-order valence-corrected chi connectivity index (χ4v) is 3.88. The molecule has 2 N–H and O–H groups in total. The molecule has 0 saturated carbocycles. The van der Waals surface area contributed by atoms with Gasteiger partial charge in [-0.2, -0.15) is 5.48 Å². The first-order valence-corrected chi connectivity index (χ1v) is 9.98. The van der Waals surface area contributed by atoms with E-state index in [0.717, 1.165) is 28.4 Å². The van der Waals surface area contributed by atoms with Crippen LogP contribution < -0.4 is 5.48 Å². The number of likely N-dealkylation sites (tertiary alicyclic amines) is 1. The number of hydroxylamine groups is 1. The summed E-state index contributed by atoms with van der Waals surface area (Å²) in [5.41, 5.74) is 3.68. The number of nitrogens with zero attached hydrogens (tertiary/aromatic N) is 3. The number of pyridine rings is 1. The van der Waals surface area contributed by atoms with Gasteiger partial charge < -0.3 is 5.11 Å². The van der Waals surface area contributed by atoms with Crippen LogP contribution in [0.5, 0.6) is 0 Å². The van der Waals surface area contributed by atoms with Crippen LogP contribution in [0.4, 0.5) is 10.5 Å². The standard InChI is InChI=1S/C19H20N4O6S/c24-18(30-17-9-7-15(10-20-17)23(27)28)16-8-6-14(11-22(16)19(25)26)21-29-12-13-4-2-1-3-5-13/h1-5,7,9-10,14,16,21H,6,8,11-12H2,(H,25,26)/t14-,16+/m1/s1. The zero-order chi connectivity index (χ0) is 21.5. The monoisotopic (exact) mass is 432 g/mol. The highest BCUT2D eigenvalue weighted by atomic mass is 32.2. The quantitative estimate of drug-likeness (QED) is 0.384. The summed E-state index contributed by atoms with van der Waals surface area (Å²) in [5.74, 6) is 0. The minimum atomic E-state index is -1.19. The Morgan fingerprint density at radius 1 is 1.27 bits per heavy atom. The van der Waals surface area contributed by atoms with Gasteiger partial charge in [0.1, 0.15) is 17.3 Å². The third-order valence-electron chi connectivity index (χ3n) is 4.57. The van der Waals surface area contributed by atoms with E-state index in [1.165, 1.54) is 12.1 Å². The second kappa shape index (κ2) is 10.1. The molecule has 1 aliphatic heterocycles. The van der Waals surface area contributed by atoms with Gasteiger partial charge in [-0.05, 0) is 36.2 Å². The van der Waals surface area contributed by atoms with Crippen LogP contribution in [0.15, 0.2) is 53.7 Å². The van der Waals surface area contributed by atoms with Crippen molar-refractivity contribution in [2.45, 2.75) is 36.6 Å². The van der Waals surface area contributed by atoms with Crippen molar-refractivity contribution in [3.8, 4) is 0 Å². The Morgan fingerprint density at radius 3 is 2.67 bits per heavy atom. The molecule has 0 radical (unpaired) electrons. The molecule has 2 atom stereocenters. The molecule has 2 heterocycles. The summed E-state index contributed by atoms with van der Waals surface area (Å²) in [4.78, 5) is 44.9. The Bertz CT molecular complexity index is 896. The van der Waals surface area contributed by atoms with E-state index in [-0.39, 0.29) is 28.4 Å². The van der Waals surface area contributed by atoms with E-state index < -0.39 is 17.1 Å². The maximum atomic E-state index is 12.6. The Balaban J connectivity index is 1.54. The fraction of sp³-hybridized carbons (Fsp3) is 0.316. The molecule has 1 aromatic carbocycles. The molecule has 30 heavy (non-hydrogen) atoms. The molecule has 0 aliphatic carbocycles. The predicted molar refractivity (Wildman–Crippen MR) is 108 cm³/mol. The zero-order valence-electron chi connectivity index (χ0n) is 15.8. The number of rotatable bonds is 7. The normalized spacial score (nSPS) is 18.7. The van der Waals surface area contributed by atoms with E-state index in [1.54, 1.807) is 0 Å². The summed E-state index contributed by atoms with van der Waals surface area (Å²) in [7, 11) is 0. The number of hydrogen-bond donors (Lipinski definition) is 2. The average molecular weight is 432 g/mol. The van der Waals surface area contributed by atoms with Crippen molar-refractivity contribution in [1.29, 1.82) is 0 Å². The molecule has 158 valence electrons. The van der Waals surface area contributed by atoms with Crippen LogP contribution in [0.1, 0.15) is 18.4 Å². The Kier molecular flexibility index (Phi) is 7.33. The number of carboxylic acid groups (broad SMARTS) is 1. The molecule has 1 fully saturated rings. The molecule has 0 spiro atoms. The van der Waals surface area contributed by atoms with Gasteiger partial charge in [-0.15, -0.1) is 0 Å². The van der Waals surface area contributed by atoms with Crippen LogP contribution in [0, 0.1) is 10.1 Å². The van der Waals surface area contributed by atoms with Crippen LogP contribution >= 0.6 is 11.8 Å². The van der Waals surface area contributed by atoms with Crippen LogP contribution in [0.3, 0.4) is 0 Å². The van der Waals surface area contributed by atoms with Crippen molar-refractivity contribution in [3.63, 3.8) is 0 Å². The summed E-state index contributed by atoms with van der Waals surface area (Å²) in [6.07, 6.45) is 0.760. The number of aromatic nitrogens is 1. The third-order valence-corrected chi connectivity index (χ3v) is 5.49. The average Bonchev–Trinajstić information content (AvgIpc) is 2.74. The van der Waals surface area contributed by atoms with Crippen molar-refractivity contribution in [1.82, 2.24) is 15.4 Å². The highest BCUT2D eigenvalue weighted by molar-refractivity contribution is 8.13. The molecule has 1 aliphatic rings. The van der Waals surface area contributed by atoms with Crippen LogP contribution in [0.25, 0.3) is 0 Å². The van der Waals surface area contributed by atoms with Gasteiger partial charge in [0.15, 0.2) is 0 Å². The molecule has 2 aromatic rings. The third kappa shape index (κ3) is 5.75. The van der Waals surface area contributed by atoms with E-state index in [2.05, 4.69) is 10.5 Å². The number of nitrogens with one attached hydrogen (secondary N) is 1. The van der Waals surface area contributed by atoms with Gasteiger partial charge in [0.2, 0.25) is 5.12 Å². The van der Waals surface area contributed by atoms with Crippen molar-refractivity contribution in [2.75, 3.05) is 6.54 Å². The lowest BCUT2D eigenvalue weighted by Crippen LogP contribution is -2.54. The summed E-state index contributed by atoms with van der Waals surface area (Å²) in [5, 5.41) is 20.1. The van der Waals surface area contributed by atoms with E-state index >= 15 is 0 Å². The first kappa shape index (κ1) is 21.7. The predicted octanol–water partition coefficient (Wildman–Crippen LogP) is 2.84. The number of benzene rings is 1. The lowest BCUT2D eigenvalue weighted by Gasteiger charge is -2.36. The summed E-state index contributed by atoms with van der Waals surface area (Å²) < 4.78 is 0. The lowest BCUT2D eigenvalue weighted by atomic mass is 10.00. The van der Waals surface area contributed by atoms with Crippen molar-refractivity contribution in [2.24, 2.45) is 0 Å². The Labute approximate surface area is 176 Å². The second-order valence-electron chi connectivity index (χ2n) is 6.65. The van der Waals surface area contributed by atoms with Gasteiger partial charge in [0, 0.05) is 12.6 Å². The highest BCUT2D eigenvalue weighted by Gasteiger charge is 2.36. The van der Waals surface area contributed by atoms with Gasteiger partial charge in [-0.3, -0.25) is 24.6 Å². The van der Waals surface area contributed by atoms with Gasteiger partial charge in [-0.25, -0.2) is 9.78 Å². The van der Waals surface area contributed by atoms with Crippen LogP contribution in [0.2, 0.25) is 0 Å². The van der Waals surface area contributed by atoms with Crippen molar-refractivity contribution < 1.29 is 24.5 Å². The van der Waals surface area contributed by atoms with Crippen LogP contribution in [-0.4, -0.2) is 49.8 Å². The Hall–Kier alpha value is -3.02. The largest absolute Gasteiger partial charge is 0.465 e. The van der Waals surface area contributed by atoms with Gasteiger partial charge in [0.05, 0.1) is 17.6 Å². The number of amides is 1. The molecule has 0 unspecified atom stereocenters. The number of carbonyl (C=O) groups excluding carboxylic acids is 1. The highest BCUT2D eigenvalue weighted by Crippen LogP contribution is 2.27. The molecule has 10 nitrogen and oxygen atoms in total. The number of thioether (sulfide) groups is 1. The molecule has 1 aromatic heterocycles. The topological polar surface area (TPSA) is 135 Å². The van der Waals surface area contributed by atoms with E-state index in [9.17, 15) is 24.8 Å². The fourth-order valence-electron chi connectivity index (χ4n) is 3.05.